The average Bonchev–Trinajstić information content (AvgIpc) is 3.06. The van der Waals surface area contributed by atoms with Crippen LogP contribution in [0.2, 0.25) is 0 Å². The number of nitrogens with zero attached hydrogens (tertiary/aromatic N) is 1. The molecule has 0 unspecified atom stereocenters. The van der Waals surface area contributed by atoms with E-state index in [-0.39, 0.29) is 36.1 Å². The van der Waals surface area contributed by atoms with Gasteiger partial charge in [-0.15, -0.1) is 0 Å². The third-order valence-corrected chi connectivity index (χ3v) is 6.00. The number of thioether (sulfide) groups is 1. The van der Waals surface area contributed by atoms with E-state index in [1.807, 2.05) is 37.3 Å². The molecular formula is C24H26N2O5S. The topological polar surface area (TPSA) is 84.9 Å². The van der Waals surface area contributed by atoms with Crippen LogP contribution in [0.5, 0.6) is 11.5 Å². The first-order chi connectivity index (χ1) is 15.4. The van der Waals surface area contributed by atoms with Gasteiger partial charge in [0.15, 0.2) is 11.5 Å². The molecule has 1 heterocycles. The van der Waals surface area contributed by atoms with Gasteiger partial charge >= 0.3 is 0 Å². The first-order valence-electron chi connectivity index (χ1n) is 10.2. The minimum atomic E-state index is -0.373. The van der Waals surface area contributed by atoms with E-state index in [1.54, 1.807) is 31.4 Å². The maximum atomic E-state index is 12.7. The fourth-order valence-electron chi connectivity index (χ4n) is 3.34. The second kappa shape index (κ2) is 10.9. The van der Waals surface area contributed by atoms with Crippen LogP contribution in [0, 0.1) is 0 Å². The largest absolute Gasteiger partial charge is 0.493 e. The zero-order valence-electron chi connectivity index (χ0n) is 18.3. The first kappa shape index (κ1) is 23.4. The zero-order valence-corrected chi connectivity index (χ0v) is 19.1. The molecule has 2 aromatic rings. The number of methoxy groups -OCH3 is 2. The predicted molar refractivity (Wildman–Crippen MR) is 125 cm³/mol. The zero-order chi connectivity index (χ0) is 23.1. The van der Waals surface area contributed by atoms with Gasteiger partial charge in [-0.1, -0.05) is 43.3 Å². The van der Waals surface area contributed by atoms with Crippen molar-refractivity contribution in [3.63, 3.8) is 0 Å². The molecule has 1 aliphatic rings. The van der Waals surface area contributed by atoms with Crippen LogP contribution in [0.3, 0.4) is 0 Å². The number of hydrogen-bond donors (Lipinski definition) is 1. The predicted octanol–water partition coefficient (Wildman–Crippen LogP) is 4.05. The normalized spacial score (nSPS) is 15.7. The molecule has 0 radical (unpaired) electrons. The Morgan fingerprint density at radius 3 is 2.50 bits per heavy atom. The molecule has 0 aromatic heterocycles. The first-order valence-corrected chi connectivity index (χ1v) is 11.0. The minimum absolute atomic E-state index is 0.0813. The number of nitrogens with one attached hydrogen (secondary N) is 1. The van der Waals surface area contributed by atoms with E-state index in [0.717, 1.165) is 27.8 Å². The molecule has 2 aromatic carbocycles. The number of hydrogen-bond acceptors (Lipinski definition) is 6. The highest BCUT2D eigenvalue weighted by atomic mass is 32.2. The molecule has 0 spiro atoms. The van der Waals surface area contributed by atoms with Gasteiger partial charge in [0, 0.05) is 19.5 Å². The highest BCUT2D eigenvalue weighted by Crippen LogP contribution is 2.34. The fourth-order valence-corrected chi connectivity index (χ4v) is 4.21. The molecule has 0 bridgehead atoms. The van der Waals surface area contributed by atoms with Gasteiger partial charge in [0.25, 0.3) is 11.1 Å². The molecule has 7 nitrogen and oxygen atoms in total. The Labute approximate surface area is 191 Å². The van der Waals surface area contributed by atoms with Gasteiger partial charge < -0.3 is 14.8 Å². The Hall–Kier alpha value is -3.26. The van der Waals surface area contributed by atoms with E-state index in [4.69, 9.17) is 9.47 Å². The molecule has 1 N–H and O–H groups in total. The van der Waals surface area contributed by atoms with Gasteiger partial charge in [-0.05, 0) is 47.0 Å². The van der Waals surface area contributed by atoms with Crippen molar-refractivity contribution < 1.29 is 23.9 Å². The van der Waals surface area contributed by atoms with E-state index in [9.17, 15) is 14.4 Å². The van der Waals surface area contributed by atoms with Gasteiger partial charge in [-0.3, -0.25) is 19.3 Å². The summed E-state index contributed by atoms with van der Waals surface area (Å²) in [7, 11) is 3.08. The van der Waals surface area contributed by atoms with Crippen LogP contribution < -0.4 is 14.8 Å². The van der Waals surface area contributed by atoms with Crippen molar-refractivity contribution in [1.82, 2.24) is 10.2 Å². The van der Waals surface area contributed by atoms with Crippen LogP contribution >= 0.6 is 11.8 Å². The number of ether oxygens (including phenoxy) is 2. The Balaban J connectivity index is 1.55. The van der Waals surface area contributed by atoms with E-state index in [1.165, 1.54) is 7.11 Å². The lowest BCUT2D eigenvalue weighted by Gasteiger charge is -2.15. The van der Waals surface area contributed by atoms with Crippen LogP contribution in [0.1, 0.15) is 30.4 Å². The second-order valence-electron chi connectivity index (χ2n) is 7.31. The maximum absolute atomic E-state index is 12.7. The van der Waals surface area contributed by atoms with Crippen LogP contribution in [-0.2, 0) is 9.59 Å². The van der Waals surface area contributed by atoms with Gasteiger partial charge in [-0.25, -0.2) is 0 Å². The molecule has 0 aliphatic carbocycles. The molecule has 168 valence electrons. The Morgan fingerprint density at radius 1 is 1.09 bits per heavy atom. The van der Waals surface area contributed by atoms with Gasteiger partial charge in [-0.2, -0.15) is 0 Å². The van der Waals surface area contributed by atoms with Crippen molar-refractivity contribution in [3.05, 3.63) is 64.6 Å². The summed E-state index contributed by atoms with van der Waals surface area (Å²) < 4.78 is 10.5. The molecular weight excluding hydrogens is 428 g/mol. The number of amides is 3. The summed E-state index contributed by atoms with van der Waals surface area (Å²) in [5.41, 5.74) is 1.81. The smallest absolute Gasteiger partial charge is 0.293 e. The van der Waals surface area contributed by atoms with Crippen molar-refractivity contribution in [2.24, 2.45) is 0 Å². The van der Waals surface area contributed by atoms with Crippen molar-refractivity contribution in [2.75, 3.05) is 27.3 Å². The number of carbonyl (C=O) groups is 3. The highest BCUT2D eigenvalue weighted by molar-refractivity contribution is 8.18. The van der Waals surface area contributed by atoms with E-state index < -0.39 is 0 Å². The van der Waals surface area contributed by atoms with Crippen LogP contribution in [0.4, 0.5) is 4.79 Å². The lowest BCUT2D eigenvalue weighted by Crippen LogP contribution is -2.37. The number of imide groups is 1. The molecule has 8 heteroatoms. The summed E-state index contributed by atoms with van der Waals surface area (Å²) in [6.45, 7) is 2.33. The molecule has 32 heavy (non-hydrogen) atoms. The number of carbonyl (C=O) groups excluding carboxylic acids is 3. The quantitative estimate of drug-likeness (QED) is 0.576. The lowest BCUT2D eigenvalue weighted by molar-refractivity contribution is -0.124. The molecule has 3 rings (SSSR count). The Bertz CT molecular complexity index is 1020. The third-order valence-electron chi connectivity index (χ3n) is 5.10. The molecule has 1 atom stereocenters. The standard InChI is InChI=1S/C24H26N2O5S/c1-16(18-7-5-4-6-8-18)13-22(27)25-11-12-26-23(28)21(32-24(26)29)15-17-9-10-19(30-2)20(14-17)31-3/h4-10,14-16H,11-13H2,1-3H3,(H,25,27)/b21-15+/t16-/m1/s1. The summed E-state index contributed by atoms with van der Waals surface area (Å²) in [6, 6.07) is 15.1. The van der Waals surface area contributed by atoms with E-state index >= 15 is 0 Å². The maximum Gasteiger partial charge on any atom is 0.293 e. The molecule has 1 fully saturated rings. The summed E-state index contributed by atoms with van der Waals surface area (Å²) in [4.78, 5) is 38.7. The summed E-state index contributed by atoms with van der Waals surface area (Å²) >= 11 is 0.881. The van der Waals surface area contributed by atoms with E-state index in [0.29, 0.717) is 22.8 Å². The second-order valence-corrected chi connectivity index (χ2v) is 8.31. The summed E-state index contributed by atoms with van der Waals surface area (Å²) in [5.74, 6) is 0.705. The van der Waals surface area contributed by atoms with Crippen LogP contribution in [-0.4, -0.2) is 49.3 Å². The van der Waals surface area contributed by atoms with Crippen molar-refractivity contribution in [2.45, 2.75) is 19.3 Å². The highest BCUT2D eigenvalue weighted by Gasteiger charge is 2.34. The monoisotopic (exact) mass is 454 g/mol. The summed E-state index contributed by atoms with van der Waals surface area (Å²) in [5, 5.41) is 2.45. The van der Waals surface area contributed by atoms with Gasteiger partial charge in [0.1, 0.15) is 0 Å². The molecule has 3 amide bonds. The molecule has 0 saturated carbocycles. The lowest BCUT2D eigenvalue weighted by atomic mass is 9.98. The molecule has 1 saturated heterocycles. The molecule has 1 aliphatic heterocycles. The fraction of sp³-hybridized carbons (Fsp3) is 0.292. The van der Waals surface area contributed by atoms with Gasteiger partial charge in [0.05, 0.1) is 19.1 Å². The summed E-state index contributed by atoms with van der Waals surface area (Å²) in [6.07, 6.45) is 1.98. The minimum Gasteiger partial charge on any atom is -0.493 e. The van der Waals surface area contributed by atoms with Crippen molar-refractivity contribution in [3.8, 4) is 11.5 Å². The number of benzene rings is 2. The van der Waals surface area contributed by atoms with Crippen molar-refractivity contribution >= 4 is 34.9 Å². The SMILES string of the molecule is COc1ccc(/C=C2/SC(=O)N(CCNC(=O)C[C@@H](C)c3ccccc3)C2=O)cc1OC. The third kappa shape index (κ3) is 5.70. The van der Waals surface area contributed by atoms with Crippen LogP contribution in [0.15, 0.2) is 53.4 Å². The average molecular weight is 455 g/mol. The van der Waals surface area contributed by atoms with E-state index in [2.05, 4.69) is 5.32 Å². The Morgan fingerprint density at radius 2 is 1.81 bits per heavy atom. The Kier molecular flexibility index (Phi) is 7.94. The number of rotatable bonds is 9. The van der Waals surface area contributed by atoms with Crippen molar-refractivity contribution in [1.29, 1.82) is 0 Å². The van der Waals surface area contributed by atoms with Crippen LogP contribution in [0.25, 0.3) is 6.08 Å². The van der Waals surface area contributed by atoms with Gasteiger partial charge in [0.2, 0.25) is 5.91 Å².